The van der Waals surface area contributed by atoms with Crippen molar-refractivity contribution in [1.82, 2.24) is 14.5 Å². The van der Waals surface area contributed by atoms with Crippen LogP contribution in [0.5, 0.6) is 0 Å². The molecule has 1 N–H and O–H groups in total. The molecule has 1 amide bonds. The minimum Gasteiger partial charge on any atom is -0.391 e. The SMILES string of the molecule is Cc1ccc(Cc2cc3c(=O)n(C4CCCCC4O)cnc3c3c2N(C)C(=O)CC3)cn1. The molecular weight excluding hydrogens is 404 g/mol. The molecule has 2 unspecified atom stereocenters. The van der Waals surface area contributed by atoms with E-state index in [1.54, 1.807) is 22.8 Å². The molecule has 3 heterocycles. The van der Waals surface area contributed by atoms with Crippen LogP contribution in [-0.2, 0) is 17.6 Å². The number of nitrogens with zero attached hydrogens (tertiary/aromatic N) is 4. The number of aliphatic hydroxyl groups is 1. The van der Waals surface area contributed by atoms with Crippen molar-refractivity contribution in [2.45, 2.75) is 64.0 Å². The van der Waals surface area contributed by atoms with Gasteiger partial charge in [0.25, 0.3) is 5.56 Å². The van der Waals surface area contributed by atoms with Gasteiger partial charge in [0.15, 0.2) is 0 Å². The second-order valence-electron chi connectivity index (χ2n) is 9.07. The minimum atomic E-state index is -0.528. The van der Waals surface area contributed by atoms with E-state index in [1.807, 2.05) is 31.3 Å². The third-order valence-electron chi connectivity index (χ3n) is 6.94. The molecule has 2 aliphatic rings. The number of aryl methyl sites for hydroxylation is 2. The van der Waals surface area contributed by atoms with Gasteiger partial charge in [0.2, 0.25) is 5.91 Å². The van der Waals surface area contributed by atoms with E-state index < -0.39 is 6.10 Å². The van der Waals surface area contributed by atoms with Gasteiger partial charge in [0.1, 0.15) is 0 Å². The van der Waals surface area contributed by atoms with Crippen molar-refractivity contribution in [3.05, 3.63) is 63.5 Å². The molecule has 1 aliphatic heterocycles. The number of anilines is 1. The topological polar surface area (TPSA) is 88.3 Å². The van der Waals surface area contributed by atoms with Gasteiger partial charge in [-0.2, -0.15) is 0 Å². The van der Waals surface area contributed by atoms with E-state index in [0.717, 1.165) is 47.3 Å². The van der Waals surface area contributed by atoms with Crippen molar-refractivity contribution in [2.24, 2.45) is 0 Å². The highest BCUT2D eigenvalue weighted by molar-refractivity contribution is 6.01. The molecular formula is C25H28N4O3. The first kappa shape index (κ1) is 20.8. The van der Waals surface area contributed by atoms with E-state index in [0.29, 0.717) is 36.6 Å². The van der Waals surface area contributed by atoms with Crippen LogP contribution in [0.25, 0.3) is 10.9 Å². The second kappa shape index (κ2) is 8.13. The Kier molecular flexibility index (Phi) is 5.29. The summed E-state index contributed by atoms with van der Waals surface area (Å²) in [6, 6.07) is 5.66. The fourth-order valence-corrected chi connectivity index (χ4v) is 5.19. The molecule has 1 aliphatic carbocycles. The minimum absolute atomic E-state index is 0.0683. The van der Waals surface area contributed by atoms with E-state index in [4.69, 9.17) is 0 Å². The number of benzene rings is 1. The first-order chi connectivity index (χ1) is 15.4. The molecule has 3 aromatic rings. The van der Waals surface area contributed by atoms with Crippen molar-refractivity contribution in [3.63, 3.8) is 0 Å². The Labute approximate surface area is 186 Å². The summed E-state index contributed by atoms with van der Waals surface area (Å²) in [5.74, 6) is 0.0683. The number of carbonyl (C=O) groups excluding carboxylic acids is 1. The number of carbonyl (C=O) groups is 1. The maximum atomic E-state index is 13.6. The molecule has 166 valence electrons. The monoisotopic (exact) mass is 432 g/mol. The average Bonchev–Trinajstić information content (AvgIpc) is 2.79. The summed E-state index contributed by atoms with van der Waals surface area (Å²) in [4.78, 5) is 36.9. The van der Waals surface area contributed by atoms with E-state index in [9.17, 15) is 14.7 Å². The number of fused-ring (bicyclic) bond motifs is 3. The van der Waals surface area contributed by atoms with Gasteiger partial charge in [-0.15, -0.1) is 0 Å². The lowest BCUT2D eigenvalue weighted by Gasteiger charge is -2.31. The molecule has 7 heteroatoms. The standard InChI is InChI=1S/C25H28N4O3/c1-15-7-8-16(13-26-15)11-17-12-19-23(18-9-10-22(31)28(2)24(17)18)27-14-29(25(19)32)20-5-3-4-6-21(20)30/h7-8,12-14,20-21,30H,3-6,9-11H2,1-2H3. The van der Waals surface area contributed by atoms with Gasteiger partial charge in [-0.05, 0) is 49.4 Å². The number of aliphatic hydroxyl groups excluding tert-OH is 1. The Bertz CT molecular complexity index is 1250. The molecule has 1 fully saturated rings. The second-order valence-corrected chi connectivity index (χ2v) is 9.07. The number of amides is 1. The summed E-state index contributed by atoms with van der Waals surface area (Å²) in [7, 11) is 1.79. The number of pyridine rings is 1. The molecule has 0 saturated heterocycles. The molecule has 2 aromatic heterocycles. The molecule has 1 aromatic carbocycles. The normalized spacial score (nSPS) is 21.1. The Morgan fingerprint density at radius 2 is 1.94 bits per heavy atom. The van der Waals surface area contributed by atoms with Gasteiger partial charge in [0, 0.05) is 37.3 Å². The van der Waals surface area contributed by atoms with Gasteiger partial charge in [0.05, 0.1) is 35.1 Å². The van der Waals surface area contributed by atoms with Crippen LogP contribution in [0.4, 0.5) is 5.69 Å². The van der Waals surface area contributed by atoms with E-state index in [1.165, 1.54) is 0 Å². The van der Waals surface area contributed by atoms with Crippen LogP contribution in [0.15, 0.2) is 35.5 Å². The van der Waals surface area contributed by atoms with Crippen molar-refractivity contribution in [3.8, 4) is 0 Å². The summed E-state index contributed by atoms with van der Waals surface area (Å²) in [5, 5.41) is 11.1. The summed E-state index contributed by atoms with van der Waals surface area (Å²) in [6.45, 7) is 1.95. The maximum absolute atomic E-state index is 13.6. The summed E-state index contributed by atoms with van der Waals surface area (Å²) >= 11 is 0. The molecule has 5 rings (SSSR count). The van der Waals surface area contributed by atoms with Crippen LogP contribution >= 0.6 is 0 Å². The molecule has 2 atom stereocenters. The van der Waals surface area contributed by atoms with Crippen molar-refractivity contribution < 1.29 is 9.90 Å². The predicted molar refractivity (Wildman–Crippen MR) is 123 cm³/mol. The van der Waals surface area contributed by atoms with Crippen LogP contribution in [0.3, 0.4) is 0 Å². The van der Waals surface area contributed by atoms with Gasteiger partial charge in [-0.25, -0.2) is 4.98 Å². The number of hydrogen-bond acceptors (Lipinski definition) is 5. The molecule has 32 heavy (non-hydrogen) atoms. The zero-order chi connectivity index (χ0) is 22.4. The molecule has 0 spiro atoms. The van der Waals surface area contributed by atoms with Gasteiger partial charge in [-0.1, -0.05) is 18.9 Å². The van der Waals surface area contributed by atoms with Gasteiger partial charge < -0.3 is 10.0 Å². The smallest absolute Gasteiger partial charge is 0.261 e. The number of aromatic nitrogens is 3. The summed E-state index contributed by atoms with van der Waals surface area (Å²) in [5.41, 5.74) is 5.25. The molecule has 0 radical (unpaired) electrons. The van der Waals surface area contributed by atoms with Crippen molar-refractivity contribution in [1.29, 1.82) is 0 Å². The predicted octanol–water partition coefficient (Wildman–Crippen LogP) is 3.08. The highest BCUT2D eigenvalue weighted by Crippen LogP contribution is 2.37. The van der Waals surface area contributed by atoms with Crippen LogP contribution in [-0.4, -0.2) is 38.7 Å². The first-order valence-corrected chi connectivity index (χ1v) is 11.4. The van der Waals surface area contributed by atoms with E-state index in [2.05, 4.69) is 9.97 Å². The van der Waals surface area contributed by atoms with Gasteiger partial charge >= 0.3 is 0 Å². The zero-order valence-electron chi connectivity index (χ0n) is 18.5. The largest absolute Gasteiger partial charge is 0.391 e. The van der Waals surface area contributed by atoms with Crippen LogP contribution < -0.4 is 10.5 Å². The van der Waals surface area contributed by atoms with Crippen LogP contribution in [0.2, 0.25) is 0 Å². The lowest BCUT2D eigenvalue weighted by Crippen LogP contribution is -2.36. The Hall–Kier alpha value is -3.06. The van der Waals surface area contributed by atoms with Gasteiger partial charge in [-0.3, -0.25) is 19.1 Å². The molecule has 1 saturated carbocycles. The fourth-order valence-electron chi connectivity index (χ4n) is 5.19. The Morgan fingerprint density at radius 3 is 2.69 bits per heavy atom. The van der Waals surface area contributed by atoms with Crippen LogP contribution in [0, 0.1) is 6.92 Å². The van der Waals surface area contributed by atoms with Crippen molar-refractivity contribution in [2.75, 3.05) is 11.9 Å². The highest BCUT2D eigenvalue weighted by Gasteiger charge is 2.30. The maximum Gasteiger partial charge on any atom is 0.261 e. The van der Waals surface area contributed by atoms with Crippen molar-refractivity contribution >= 4 is 22.5 Å². The highest BCUT2D eigenvalue weighted by atomic mass is 16.3. The third kappa shape index (κ3) is 3.50. The zero-order valence-corrected chi connectivity index (χ0v) is 18.5. The van der Waals surface area contributed by atoms with E-state index >= 15 is 0 Å². The molecule has 7 nitrogen and oxygen atoms in total. The number of rotatable bonds is 3. The first-order valence-electron chi connectivity index (χ1n) is 11.4. The third-order valence-corrected chi connectivity index (χ3v) is 6.94. The molecule has 0 bridgehead atoms. The number of hydrogen-bond donors (Lipinski definition) is 1. The van der Waals surface area contributed by atoms with E-state index in [-0.39, 0.29) is 17.5 Å². The Balaban J connectivity index is 1.70. The van der Waals surface area contributed by atoms with Crippen LogP contribution in [0.1, 0.15) is 60.5 Å². The summed E-state index contributed by atoms with van der Waals surface area (Å²) in [6.07, 6.45) is 7.91. The average molecular weight is 433 g/mol. The summed E-state index contributed by atoms with van der Waals surface area (Å²) < 4.78 is 1.62. The lowest BCUT2D eigenvalue weighted by molar-refractivity contribution is -0.118. The Morgan fingerprint density at radius 1 is 1.12 bits per heavy atom. The lowest BCUT2D eigenvalue weighted by atomic mass is 9.91. The fraction of sp³-hybridized carbons (Fsp3) is 0.440. The quantitative estimate of drug-likeness (QED) is 0.687.